The van der Waals surface area contributed by atoms with Crippen LogP contribution in [-0.4, -0.2) is 12.1 Å². The Hall–Kier alpha value is 0.0283. The summed E-state index contributed by atoms with van der Waals surface area (Å²) in [4.78, 5) is 18.4. The molecular weight excluding hydrogens is 252 g/mol. The second-order valence-electron chi connectivity index (χ2n) is 0.658. The average Bonchev–Trinajstić information content (AvgIpc) is 1.38. The van der Waals surface area contributed by atoms with Crippen molar-refractivity contribution in [2.24, 2.45) is 0 Å². The van der Waals surface area contributed by atoms with E-state index in [0.717, 1.165) is 13.2 Å². The van der Waals surface area contributed by atoms with Gasteiger partial charge in [0.2, 0.25) is 0 Å². The molecule has 0 saturated carbocycles. The van der Waals surface area contributed by atoms with Gasteiger partial charge in [-0.25, -0.2) is 0 Å². The molecule has 0 N–H and O–H groups in total. The molecule has 0 radical (unpaired) electrons. The van der Waals surface area contributed by atoms with Crippen molar-refractivity contribution in [1.29, 1.82) is 0 Å². The van der Waals surface area contributed by atoms with Gasteiger partial charge in [-0.15, -0.1) is 0 Å². The molecule has 0 atom stereocenters. The number of hydrogen-bond donors (Lipinski definition) is 0. The van der Waals surface area contributed by atoms with Crippen LogP contribution in [0.3, 0.4) is 0 Å². The third-order valence-electron chi connectivity index (χ3n) is 0.144. The van der Waals surface area contributed by atoms with E-state index in [1.54, 1.807) is 0 Å². The van der Waals surface area contributed by atoms with E-state index in [1.807, 2.05) is 0 Å². The Morgan fingerprint density at radius 1 is 1.67 bits per heavy atom. The Morgan fingerprint density at radius 2 is 1.83 bits per heavy atom. The van der Waals surface area contributed by atoms with Gasteiger partial charge in [0.15, 0.2) is 0 Å². The molecule has 34 valence electrons. The summed E-state index contributed by atoms with van der Waals surface area (Å²) >= 11 is 0. The van der Waals surface area contributed by atoms with Gasteiger partial charge in [-0.05, 0) is 6.92 Å². The first-order valence-electron chi connectivity index (χ1n) is 1.16. The van der Waals surface area contributed by atoms with Gasteiger partial charge in [0, 0.05) is 26.8 Å². The van der Waals surface area contributed by atoms with Crippen molar-refractivity contribution in [3.63, 3.8) is 0 Å². The van der Waals surface area contributed by atoms with Crippen LogP contribution in [0.25, 0.3) is 0 Å². The summed E-state index contributed by atoms with van der Waals surface area (Å²) < 4.78 is 0. The van der Waals surface area contributed by atoms with Crippen LogP contribution >= 0.6 is 0 Å². The molecule has 0 amide bonds. The third kappa shape index (κ3) is 8.98. The molecule has 0 aliphatic carbocycles. The molecule has 0 bridgehead atoms. The summed E-state index contributed by atoms with van der Waals surface area (Å²) in [6, 6.07) is 0. The topological polar surface area (TPSA) is 34.1 Å². The van der Waals surface area contributed by atoms with E-state index < -0.39 is 5.78 Å². The minimum absolute atomic E-state index is 0. The second-order valence-corrected chi connectivity index (χ2v) is 0.658. The summed E-state index contributed by atoms with van der Waals surface area (Å²) in [5.74, 6) is -0.551. The van der Waals surface area contributed by atoms with Crippen molar-refractivity contribution in [2.75, 3.05) is 0 Å². The zero-order valence-corrected chi connectivity index (χ0v) is 6.16. The van der Waals surface area contributed by atoms with Crippen molar-refractivity contribution >= 4 is 12.1 Å². The van der Waals surface area contributed by atoms with Crippen molar-refractivity contribution < 1.29 is 30.7 Å². The van der Waals surface area contributed by atoms with Crippen molar-refractivity contribution in [3.8, 4) is 0 Å². The Bertz CT molecular complexity index is 59.8. The Labute approximate surface area is 50.2 Å². The first-order valence-corrected chi connectivity index (χ1v) is 1.16. The first-order chi connectivity index (χ1) is 2.27. The van der Waals surface area contributed by atoms with Crippen LogP contribution in [0, 0.1) is 0 Å². The van der Waals surface area contributed by atoms with Crippen LogP contribution in [0.1, 0.15) is 6.92 Å². The average molecular weight is 255 g/mol. The van der Waals surface area contributed by atoms with Crippen LogP contribution in [-0.2, 0) is 30.7 Å². The summed E-state index contributed by atoms with van der Waals surface area (Å²) in [7, 11) is 0. The van der Waals surface area contributed by atoms with Gasteiger partial charge in [0.1, 0.15) is 0 Å². The first kappa shape index (κ1) is 9.39. The molecule has 0 aromatic carbocycles. The van der Waals surface area contributed by atoms with Crippen LogP contribution in [0.4, 0.5) is 0 Å². The van der Waals surface area contributed by atoms with E-state index >= 15 is 0 Å². The van der Waals surface area contributed by atoms with Crippen LogP contribution in [0.2, 0.25) is 0 Å². The number of hydrogen-bond acceptors (Lipinski definition) is 2. The molecule has 0 aromatic heterocycles. The number of rotatable bonds is 1. The minimum atomic E-state index is -0.551. The molecule has 0 spiro atoms. The van der Waals surface area contributed by atoms with E-state index in [4.69, 9.17) is 4.79 Å². The monoisotopic (exact) mass is 255 g/mol. The van der Waals surface area contributed by atoms with Gasteiger partial charge in [0.05, 0.1) is 0 Å². The molecule has 0 aliphatic heterocycles. The Kier molecular flexibility index (Phi) is 7.87. The number of carbonyl (C=O) groups excluding carboxylic acids is 2. The molecule has 0 fully saturated rings. The number of Topliss-reactive ketones (excluding diaryl/α,β-unsaturated/α-hetero) is 1. The van der Waals surface area contributed by atoms with Crippen LogP contribution < -0.4 is 0 Å². The van der Waals surface area contributed by atoms with Crippen molar-refractivity contribution in [1.82, 2.24) is 0 Å². The quantitative estimate of drug-likeness (QED) is 0.475. The summed E-state index contributed by atoms with van der Waals surface area (Å²) in [6.07, 6.45) is 1.14. The van der Waals surface area contributed by atoms with Crippen molar-refractivity contribution in [2.45, 2.75) is 6.92 Å². The van der Waals surface area contributed by atoms with E-state index in [2.05, 4.69) is 0 Å². The zero-order chi connectivity index (χ0) is 4.28. The fourth-order valence-corrected chi connectivity index (χ4v) is 0. The molecule has 0 unspecified atom stereocenters. The molecule has 2 nitrogen and oxygen atoms in total. The van der Waals surface area contributed by atoms with E-state index in [9.17, 15) is 4.79 Å². The normalized spacial score (nSPS) is 5.50. The largest absolute Gasteiger partial charge is 0.534 e. The molecular formula is C3H3O2W-. The predicted molar refractivity (Wildman–Crippen MR) is 16.4 cm³/mol. The third-order valence-corrected chi connectivity index (χ3v) is 0.144. The van der Waals surface area contributed by atoms with Gasteiger partial charge < -0.3 is 9.59 Å². The van der Waals surface area contributed by atoms with Gasteiger partial charge in [-0.1, -0.05) is 0 Å². The zero-order valence-electron chi connectivity index (χ0n) is 3.22. The van der Waals surface area contributed by atoms with Gasteiger partial charge >= 0.3 is 0 Å². The second kappa shape index (κ2) is 5.03. The van der Waals surface area contributed by atoms with Crippen molar-refractivity contribution in [3.05, 3.63) is 0 Å². The molecule has 0 aliphatic rings. The molecule has 0 rings (SSSR count). The molecule has 6 heavy (non-hydrogen) atoms. The smallest absolute Gasteiger partial charge is 0.0121 e. The fourth-order valence-electron chi connectivity index (χ4n) is 0. The Morgan fingerprint density at radius 3 is 1.83 bits per heavy atom. The minimum Gasteiger partial charge on any atom is -0.534 e. The van der Waals surface area contributed by atoms with Gasteiger partial charge in [-0.2, -0.15) is 6.29 Å². The van der Waals surface area contributed by atoms with E-state index in [0.29, 0.717) is 0 Å². The summed E-state index contributed by atoms with van der Waals surface area (Å²) in [6.45, 7) is 1.16. The van der Waals surface area contributed by atoms with E-state index in [-0.39, 0.29) is 21.1 Å². The van der Waals surface area contributed by atoms with Gasteiger partial charge in [0.25, 0.3) is 0 Å². The maximum atomic E-state index is 9.39. The maximum absolute atomic E-state index is 9.39. The molecule has 0 heterocycles. The van der Waals surface area contributed by atoms with E-state index in [1.165, 1.54) is 0 Å². The standard InChI is InChI=1S/C3H3O2.W/c1-3(5)2-4;/h1H3;/q-1;. The van der Waals surface area contributed by atoms with Crippen LogP contribution in [0.5, 0.6) is 0 Å². The predicted octanol–water partition coefficient (Wildman–Crippen LogP) is -0.317. The van der Waals surface area contributed by atoms with Gasteiger partial charge in [-0.3, -0.25) is 0 Å². The number of carbonyl (C=O) groups is 1. The SMILES string of the molecule is CC(=O)[C-]=O.[W]. The molecule has 0 saturated heterocycles. The Balaban J connectivity index is 0. The van der Waals surface area contributed by atoms with Crippen LogP contribution in [0.15, 0.2) is 0 Å². The number of ketones is 1. The molecule has 3 heteroatoms. The maximum Gasteiger partial charge on any atom is 0.0121 e. The molecule has 0 aromatic rings. The summed E-state index contributed by atoms with van der Waals surface area (Å²) in [5, 5.41) is 0. The fraction of sp³-hybridized carbons (Fsp3) is 0.333. The summed E-state index contributed by atoms with van der Waals surface area (Å²) in [5.41, 5.74) is 0.